The van der Waals surface area contributed by atoms with Gasteiger partial charge in [-0.1, -0.05) is 53.7 Å². The highest BCUT2D eigenvalue weighted by Crippen LogP contribution is 2.44. The SMILES string of the molecule is O=C(Nc1cc(C(F)(F)F)ccc1Cl)C(Sc1ncnc2sc3c(c12)CCCC3)c1ccccc1. The number of amides is 1. The molecule has 5 rings (SSSR count). The van der Waals surface area contributed by atoms with E-state index in [0.717, 1.165) is 54.1 Å². The number of halogens is 4. The van der Waals surface area contributed by atoms with E-state index in [1.165, 1.54) is 28.5 Å². The summed E-state index contributed by atoms with van der Waals surface area (Å²) in [5.41, 5.74) is 0.971. The van der Waals surface area contributed by atoms with Crippen molar-refractivity contribution in [3.05, 3.63) is 81.4 Å². The van der Waals surface area contributed by atoms with E-state index >= 15 is 0 Å². The number of rotatable bonds is 5. The molecule has 1 atom stereocenters. The molecule has 1 aliphatic rings. The first-order valence-corrected chi connectivity index (χ1v) is 13.0. The van der Waals surface area contributed by atoms with Gasteiger partial charge in [-0.2, -0.15) is 13.2 Å². The number of alkyl halides is 3. The summed E-state index contributed by atoms with van der Waals surface area (Å²) in [5.74, 6) is -0.488. The average Bonchev–Trinajstić information content (AvgIpc) is 3.23. The maximum Gasteiger partial charge on any atom is 0.416 e. The number of nitrogens with one attached hydrogen (secondary N) is 1. The molecular weight excluding hydrogens is 515 g/mol. The van der Waals surface area contributed by atoms with Crippen molar-refractivity contribution in [2.24, 2.45) is 0 Å². The molecule has 0 spiro atoms. The minimum Gasteiger partial charge on any atom is -0.323 e. The normalized spacial score (nSPS) is 14.5. The number of aryl methyl sites for hydroxylation is 2. The summed E-state index contributed by atoms with van der Waals surface area (Å²) in [7, 11) is 0. The number of anilines is 1. The molecule has 0 saturated heterocycles. The van der Waals surface area contributed by atoms with Crippen LogP contribution in [0.15, 0.2) is 59.9 Å². The molecule has 1 aliphatic carbocycles. The molecule has 4 nitrogen and oxygen atoms in total. The Balaban J connectivity index is 1.52. The maximum atomic E-state index is 13.5. The summed E-state index contributed by atoms with van der Waals surface area (Å²) in [6.45, 7) is 0. The lowest BCUT2D eigenvalue weighted by atomic mass is 9.97. The van der Waals surface area contributed by atoms with Gasteiger partial charge in [-0.25, -0.2) is 9.97 Å². The van der Waals surface area contributed by atoms with Crippen LogP contribution < -0.4 is 5.32 Å². The largest absolute Gasteiger partial charge is 0.416 e. The monoisotopic (exact) mass is 533 g/mol. The summed E-state index contributed by atoms with van der Waals surface area (Å²) in [6.07, 6.45) is 1.13. The van der Waals surface area contributed by atoms with Crippen LogP contribution in [0.1, 0.15) is 39.7 Å². The van der Waals surface area contributed by atoms with Gasteiger partial charge < -0.3 is 5.32 Å². The molecule has 2 aromatic carbocycles. The van der Waals surface area contributed by atoms with Gasteiger partial charge in [0.2, 0.25) is 5.91 Å². The van der Waals surface area contributed by atoms with Crippen LogP contribution in [0.3, 0.4) is 0 Å². The van der Waals surface area contributed by atoms with Crippen molar-refractivity contribution in [2.75, 3.05) is 5.32 Å². The highest BCUT2D eigenvalue weighted by molar-refractivity contribution is 8.00. The first kappa shape index (κ1) is 24.1. The number of thioether (sulfide) groups is 1. The van der Waals surface area contributed by atoms with Gasteiger partial charge in [-0.15, -0.1) is 11.3 Å². The molecule has 0 bridgehead atoms. The van der Waals surface area contributed by atoms with Crippen molar-refractivity contribution in [2.45, 2.75) is 42.1 Å². The summed E-state index contributed by atoms with van der Waals surface area (Å²) in [6, 6.07) is 12.0. The van der Waals surface area contributed by atoms with Crippen molar-refractivity contribution in [3.63, 3.8) is 0 Å². The van der Waals surface area contributed by atoms with Crippen molar-refractivity contribution in [1.82, 2.24) is 9.97 Å². The van der Waals surface area contributed by atoms with Gasteiger partial charge in [-0.05, 0) is 55.0 Å². The van der Waals surface area contributed by atoms with E-state index in [9.17, 15) is 18.0 Å². The predicted molar refractivity (Wildman–Crippen MR) is 134 cm³/mol. The van der Waals surface area contributed by atoms with Gasteiger partial charge in [0.15, 0.2) is 0 Å². The number of benzene rings is 2. The fourth-order valence-electron chi connectivity index (χ4n) is 4.16. The second kappa shape index (κ2) is 9.79. The van der Waals surface area contributed by atoms with E-state index in [0.29, 0.717) is 10.6 Å². The topological polar surface area (TPSA) is 54.9 Å². The average molecular weight is 534 g/mol. The molecule has 10 heteroatoms. The van der Waals surface area contributed by atoms with Crippen LogP contribution >= 0.6 is 34.7 Å². The van der Waals surface area contributed by atoms with Gasteiger partial charge in [0.25, 0.3) is 0 Å². The zero-order chi connectivity index (χ0) is 24.6. The highest BCUT2D eigenvalue weighted by atomic mass is 35.5. The standard InChI is InChI=1S/C25H19ClF3N3OS2/c26-17-11-10-15(25(27,28)29)12-18(17)32-22(33)21(14-6-2-1-3-7-14)35-24-20-16-8-4-5-9-19(16)34-23(20)30-13-31-24/h1-3,6-7,10-13,21H,4-5,8-9H2,(H,32,33). The Bertz CT molecular complexity index is 1390. The van der Waals surface area contributed by atoms with E-state index in [4.69, 9.17) is 11.6 Å². The predicted octanol–water partition coefficient (Wildman–Crippen LogP) is 7.71. The Hall–Kier alpha value is -2.62. The molecule has 1 amide bonds. The van der Waals surface area contributed by atoms with Crippen LogP contribution in [0.5, 0.6) is 0 Å². The van der Waals surface area contributed by atoms with E-state index in [1.807, 2.05) is 30.3 Å². The highest BCUT2D eigenvalue weighted by Gasteiger charge is 2.32. The van der Waals surface area contributed by atoms with Gasteiger partial charge in [0.1, 0.15) is 21.4 Å². The molecule has 1 unspecified atom stereocenters. The number of carbonyl (C=O) groups excluding carboxylic acids is 1. The third-order valence-corrected chi connectivity index (χ3v) is 8.62. The van der Waals surface area contributed by atoms with E-state index in [2.05, 4.69) is 15.3 Å². The number of fused-ring (bicyclic) bond motifs is 3. The third kappa shape index (κ3) is 5.03. The molecule has 4 aromatic rings. The Labute approximate surface area is 212 Å². The van der Waals surface area contributed by atoms with Crippen molar-refractivity contribution in [3.8, 4) is 0 Å². The van der Waals surface area contributed by atoms with Crippen LogP contribution in [0.25, 0.3) is 10.2 Å². The molecular formula is C25H19ClF3N3OS2. The number of hydrogen-bond acceptors (Lipinski definition) is 5. The summed E-state index contributed by atoms with van der Waals surface area (Å²) in [5, 5.41) is 3.54. The summed E-state index contributed by atoms with van der Waals surface area (Å²) >= 11 is 9.07. The van der Waals surface area contributed by atoms with Crippen molar-refractivity contribution in [1.29, 1.82) is 0 Å². The zero-order valence-corrected chi connectivity index (χ0v) is 20.6. The Morgan fingerprint density at radius 1 is 1.09 bits per heavy atom. The summed E-state index contributed by atoms with van der Waals surface area (Å²) in [4.78, 5) is 24.6. The lowest BCUT2D eigenvalue weighted by molar-refractivity contribution is -0.137. The second-order valence-corrected chi connectivity index (χ2v) is 10.7. The number of hydrogen-bond donors (Lipinski definition) is 1. The zero-order valence-electron chi connectivity index (χ0n) is 18.2. The molecule has 1 N–H and O–H groups in total. The maximum absolute atomic E-state index is 13.5. The Kier molecular flexibility index (Phi) is 6.74. The quantitative estimate of drug-likeness (QED) is 0.211. The van der Waals surface area contributed by atoms with Gasteiger partial charge in [-0.3, -0.25) is 4.79 Å². The number of nitrogens with zero attached hydrogens (tertiary/aromatic N) is 2. The molecule has 35 heavy (non-hydrogen) atoms. The van der Waals surface area contributed by atoms with Crippen LogP contribution in [-0.2, 0) is 23.8 Å². The molecule has 2 aromatic heterocycles. The molecule has 0 radical (unpaired) electrons. The van der Waals surface area contributed by atoms with Crippen molar-refractivity contribution < 1.29 is 18.0 Å². The fourth-order valence-corrected chi connectivity index (χ4v) is 6.75. The first-order chi connectivity index (χ1) is 16.8. The van der Waals surface area contributed by atoms with E-state index < -0.39 is 22.9 Å². The molecule has 0 saturated carbocycles. The van der Waals surface area contributed by atoms with Crippen LogP contribution in [0, 0.1) is 0 Å². The molecule has 0 fully saturated rings. The van der Waals surface area contributed by atoms with Crippen LogP contribution in [0.2, 0.25) is 5.02 Å². The van der Waals surface area contributed by atoms with Crippen molar-refractivity contribution >= 4 is 56.5 Å². The van der Waals surface area contributed by atoms with Gasteiger partial charge in [0.05, 0.1) is 16.3 Å². The van der Waals surface area contributed by atoms with Crippen LogP contribution in [-0.4, -0.2) is 15.9 Å². The Morgan fingerprint density at radius 3 is 2.63 bits per heavy atom. The fraction of sp³-hybridized carbons (Fsp3) is 0.240. The number of thiophene rings is 1. The second-order valence-electron chi connectivity index (χ2n) is 8.16. The van der Waals surface area contributed by atoms with Gasteiger partial charge >= 0.3 is 6.18 Å². The van der Waals surface area contributed by atoms with E-state index in [-0.39, 0.29) is 10.7 Å². The first-order valence-electron chi connectivity index (χ1n) is 11.0. The minimum atomic E-state index is -4.55. The lowest BCUT2D eigenvalue weighted by Gasteiger charge is -2.19. The number of carbonyl (C=O) groups is 1. The minimum absolute atomic E-state index is 0.0273. The van der Waals surface area contributed by atoms with Gasteiger partial charge in [0, 0.05) is 10.3 Å². The molecule has 180 valence electrons. The molecule has 2 heterocycles. The van der Waals surface area contributed by atoms with E-state index in [1.54, 1.807) is 11.3 Å². The van der Waals surface area contributed by atoms with Crippen LogP contribution in [0.4, 0.5) is 18.9 Å². The lowest BCUT2D eigenvalue weighted by Crippen LogP contribution is -2.20. The smallest absolute Gasteiger partial charge is 0.323 e. The molecule has 0 aliphatic heterocycles. The summed E-state index contributed by atoms with van der Waals surface area (Å²) < 4.78 is 39.7. The third-order valence-electron chi connectivity index (χ3n) is 5.84. The Morgan fingerprint density at radius 2 is 1.86 bits per heavy atom. The number of aromatic nitrogens is 2.